The van der Waals surface area contributed by atoms with Crippen LogP contribution in [0.1, 0.15) is 18.9 Å². The Kier molecular flexibility index (Phi) is 6.76. The summed E-state index contributed by atoms with van der Waals surface area (Å²) in [6.07, 6.45) is 3.95. The van der Waals surface area contributed by atoms with Crippen molar-refractivity contribution in [1.82, 2.24) is 4.90 Å². The summed E-state index contributed by atoms with van der Waals surface area (Å²) >= 11 is 1.83. The Morgan fingerprint density at radius 1 is 1.36 bits per heavy atom. The third kappa shape index (κ3) is 5.02. The van der Waals surface area contributed by atoms with Gasteiger partial charge in [-0.05, 0) is 49.5 Å². The first-order chi connectivity index (χ1) is 10.6. The SMILES string of the molecule is CSCCc1ccc(NC(=O)N2CC[S@](=O)CC[C@@H]2C)cc1. The van der Waals surface area contributed by atoms with Crippen molar-refractivity contribution in [2.45, 2.75) is 25.8 Å². The number of rotatable bonds is 4. The van der Waals surface area contributed by atoms with Gasteiger partial charge in [-0.15, -0.1) is 0 Å². The van der Waals surface area contributed by atoms with Crippen LogP contribution >= 0.6 is 11.8 Å². The summed E-state index contributed by atoms with van der Waals surface area (Å²) in [6, 6.07) is 8.07. The zero-order chi connectivity index (χ0) is 15.9. The number of nitrogens with zero attached hydrogens (tertiary/aromatic N) is 1. The van der Waals surface area contributed by atoms with Gasteiger partial charge in [-0.1, -0.05) is 12.1 Å². The van der Waals surface area contributed by atoms with Crippen LogP contribution < -0.4 is 5.32 Å². The number of benzene rings is 1. The number of amides is 2. The van der Waals surface area contributed by atoms with Crippen LogP contribution in [0.25, 0.3) is 0 Å². The summed E-state index contributed by atoms with van der Waals surface area (Å²) in [5.74, 6) is 2.37. The van der Waals surface area contributed by atoms with E-state index in [-0.39, 0.29) is 12.1 Å². The van der Waals surface area contributed by atoms with Crippen molar-refractivity contribution < 1.29 is 9.00 Å². The molecule has 4 nitrogen and oxygen atoms in total. The van der Waals surface area contributed by atoms with E-state index in [2.05, 4.69) is 23.7 Å². The molecule has 0 aliphatic carbocycles. The summed E-state index contributed by atoms with van der Waals surface area (Å²) in [5.41, 5.74) is 2.10. The van der Waals surface area contributed by atoms with Crippen LogP contribution in [0.5, 0.6) is 0 Å². The molecule has 0 unspecified atom stereocenters. The smallest absolute Gasteiger partial charge is 0.321 e. The van der Waals surface area contributed by atoms with Gasteiger partial charge in [-0.3, -0.25) is 4.21 Å². The van der Waals surface area contributed by atoms with Crippen molar-refractivity contribution in [1.29, 1.82) is 0 Å². The first-order valence-corrected chi connectivity index (χ1v) is 10.5. The van der Waals surface area contributed by atoms with Crippen LogP contribution in [-0.4, -0.2) is 51.2 Å². The minimum atomic E-state index is -0.792. The van der Waals surface area contributed by atoms with Gasteiger partial charge in [0.05, 0.1) is 0 Å². The molecule has 2 rings (SSSR count). The lowest BCUT2D eigenvalue weighted by molar-refractivity contribution is 0.197. The molecule has 122 valence electrons. The van der Waals surface area contributed by atoms with Gasteiger partial charge in [-0.2, -0.15) is 11.8 Å². The molecule has 1 aromatic rings. The Labute approximate surface area is 139 Å². The standard InChI is InChI=1S/C16H24N2O2S2/c1-13-8-11-22(20)12-9-18(13)16(19)17-15-5-3-14(4-6-15)7-10-21-2/h3-6,13H,7-12H2,1-2H3,(H,17,19)/t13-,22+/m0/s1. The number of thioether (sulfide) groups is 1. The number of carbonyl (C=O) groups excluding carboxylic acids is 1. The van der Waals surface area contributed by atoms with Crippen LogP contribution in [0.15, 0.2) is 24.3 Å². The van der Waals surface area contributed by atoms with E-state index in [0.29, 0.717) is 18.1 Å². The van der Waals surface area contributed by atoms with Gasteiger partial charge in [0.15, 0.2) is 0 Å². The molecule has 6 heteroatoms. The van der Waals surface area contributed by atoms with E-state index >= 15 is 0 Å². The van der Waals surface area contributed by atoms with Crippen molar-refractivity contribution in [3.8, 4) is 0 Å². The lowest BCUT2D eigenvalue weighted by Crippen LogP contribution is -2.42. The lowest BCUT2D eigenvalue weighted by atomic mass is 10.1. The number of hydrogen-bond donors (Lipinski definition) is 1. The summed E-state index contributed by atoms with van der Waals surface area (Å²) < 4.78 is 11.6. The highest BCUT2D eigenvalue weighted by Gasteiger charge is 2.24. The highest BCUT2D eigenvalue weighted by molar-refractivity contribution is 7.98. The number of urea groups is 1. The average molecular weight is 341 g/mol. The molecule has 0 saturated carbocycles. The van der Waals surface area contributed by atoms with Crippen LogP contribution in [0.3, 0.4) is 0 Å². The maximum absolute atomic E-state index is 12.4. The number of nitrogens with one attached hydrogen (secondary N) is 1. The van der Waals surface area contributed by atoms with E-state index in [9.17, 15) is 9.00 Å². The van der Waals surface area contributed by atoms with Gasteiger partial charge in [0.2, 0.25) is 0 Å². The normalized spacial score (nSPS) is 22.2. The number of aryl methyl sites for hydroxylation is 1. The predicted molar refractivity (Wildman–Crippen MR) is 96.2 cm³/mol. The molecular weight excluding hydrogens is 316 g/mol. The van der Waals surface area contributed by atoms with E-state index in [1.54, 1.807) is 4.90 Å². The van der Waals surface area contributed by atoms with Gasteiger partial charge in [0, 0.05) is 40.6 Å². The molecule has 1 N–H and O–H groups in total. The largest absolute Gasteiger partial charge is 0.322 e. The topological polar surface area (TPSA) is 49.4 Å². The summed E-state index contributed by atoms with van der Waals surface area (Å²) in [6.45, 7) is 2.58. The zero-order valence-electron chi connectivity index (χ0n) is 13.2. The van der Waals surface area contributed by atoms with Gasteiger partial charge in [0.1, 0.15) is 0 Å². The second-order valence-electron chi connectivity index (χ2n) is 5.55. The van der Waals surface area contributed by atoms with Crippen molar-refractivity contribution in [2.24, 2.45) is 0 Å². The third-order valence-corrected chi connectivity index (χ3v) is 5.86. The highest BCUT2D eigenvalue weighted by atomic mass is 32.2. The molecule has 0 spiro atoms. The monoisotopic (exact) mass is 340 g/mol. The Balaban J connectivity index is 1.94. The molecule has 2 atom stereocenters. The first-order valence-electron chi connectivity index (χ1n) is 7.60. The summed E-state index contributed by atoms with van der Waals surface area (Å²) in [7, 11) is -0.792. The molecule has 1 saturated heterocycles. The van der Waals surface area contributed by atoms with Crippen LogP contribution in [0, 0.1) is 0 Å². The average Bonchev–Trinajstić information content (AvgIpc) is 2.68. The molecular formula is C16H24N2O2S2. The second kappa shape index (κ2) is 8.58. The quantitative estimate of drug-likeness (QED) is 0.917. The van der Waals surface area contributed by atoms with E-state index in [1.165, 1.54) is 5.56 Å². The van der Waals surface area contributed by atoms with Crippen LogP contribution in [-0.2, 0) is 17.2 Å². The molecule has 1 fully saturated rings. The van der Waals surface area contributed by atoms with E-state index in [1.807, 2.05) is 30.8 Å². The molecule has 1 aliphatic rings. The third-order valence-electron chi connectivity index (χ3n) is 3.92. The lowest BCUT2D eigenvalue weighted by Gasteiger charge is -2.26. The van der Waals surface area contributed by atoms with Crippen molar-refractivity contribution in [3.63, 3.8) is 0 Å². The molecule has 1 aliphatic heterocycles. The zero-order valence-corrected chi connectivity index (χ0v) is 14.8. The van der Waals surface area contributed by atoms with Gasteiger partial charge < -0.3 is 10.2 Å². The molecule has 1 aromatic carbocycles. The minimum Gasteiger partial charge on any atom is -0.321 e. The fourth-order valence-corrected chi connectivity index (χ4v) is 4.10. The summed E-state index contributed by atoms with van der Waals surface area (Å²) in [4.78, 5) is 14.2. The minimum absolute atomic E-state index is 0.0942. The van der Waals surface area contributed by atoms with Gasteiger partial charge >= 0.3 is 6.03 Å². The van der Waals surface area contributed by atoms with E-state index in [4.69, 9.17) is 0 Å². The Morgan fingerprint density at radius 3 is 2.77 bits per heavy atom. The number of anilines is 1. The molecule has 1 heterocycles. The molecule has 0 aromatic heterocycles. The maximum atomic E-state index is 12.4. The van der Waals surface area contributed by atoms with Gasteiger partial charge in [0.25, 0.3) is 0 Å². The van der Waals surface area contributed by atoms with Crippen LogP contribution in [0.2, 0.25) is 0 Å². The van der Waals surface area contributed by atoms with Crippen molar-refractivity contribution in [2.75, 3.05) is 35.4 Å². The Morgan fingerprint density at radius 2 is 2.09 bits per heavy atom. The predicted octanol–water partition coefficient (Wildman–Crippen LogP) is 2.97. The Hall–Kier alpha value is -1.01. The van der Waals surface area contributed by atoms with E-state index in [0.717, 1.165) is 24.3 Å². The summed E-state index contributed by atoms with van der Waals surface area (Å²) in [5, 5.41) is 2.95. The number of carbonyl (C=O) groups is 1. The molecule has 2 amide bonds. The van der Waals surface area contributed by atoms with Crippen molar-refractivity contribution in [3.05, 3.63) is 29.8 Å². The fraction of sp³-hybridized carbons (Fsp3) is 0.562. The Bertz CT molecular complexity index is 519. The first kappa shape index (κ1) is 17.3. The molecule has 0 radical (unpaired) electrons. The highest BCUT2D eigenvalue weighted by Crippen LogP contribution is 2.15. The fourth-order valence-electron chi connectivity index (χ4n) is 2.45. The van der Waals surface area contributed by atoms with Crippen molar-refractivity contribution >= 4 is 34.3 Å². The molecule has 0 bridgehead atoms. The van der Waals surface area contributed by atoms with Gasteiger partial charge in [-0.25, -0.2) is 4.79 Å². The second-order valence-corrected chi connectivity index (χ2v) is 8.23. The van der Waals surface area contributed by atoms with Crippen LogP contribution in [0.4, 0.5) is 10.5 Å². The van der Waals surface area contributed by atoms with E-state index < -0.39 is 10.8 Å². The molecule has 22 heavy (non-hydrogen) atoms. The maximum Gasteiger partial charge on any atom is 0.322 e. The number of hydrogen-bond acceptors (Lipinski definition) is 3.